The summed E-state index contributed by atoms with van der Waals surface area (Å²) in [6.45, 7) is 2.17. The first-order chi connectivity index (χ1) is 9.19. The molecule has 0 aliphatic heterocycles. The molecule has 1 aromatic heterocycles. The van der Waals surface area contributed by atoms with Gasteiger partial charge in [0, 0.05) is 33.9 Å². The fourth-order valence-electron chi connectivity index (χ4n) is 1.53. The number of hydrogen-bond donors (Lipinski definition) is 1. The third kappa shape index (κ3) is 5.19. The summed E-state index contributed by atoms with van der Waals surface area (Å²) >= 11 is 0. The van der Waals surface area contributed by atoms with Gasteiger partial charge in [0.2, 0.25) is 0 Å². The van der Waals surface area contributed by atoms with Crippen LogP contribution in [0.2, 0.25) is 0 Å². The molecule has 1 aromatic rings. The number of amides is 1. The zero-order chi connectivity index (χ0) is 14.1. The second-order valence-electron chi connectivity index (χ2n) is 3.97. The first kappa shape index (κ1) is 15.3. The predicted octanol–water partition coefficient (Wildman–Crippen LogP) is 0.184. The Kier molecular flexibility index (Phi) is 6.76. The maximum Gasteiger partial charge on any atom is 0.274 e. The molecule has 2 N–H and O–H groups in total. The van der Waals surface area contributed by atoms with E-state index in [2.05, 4.69) is 10.2 Å². The number of methoxy groups -OCH3 is 2. The van der Waals surface area contributed by atoms with Crippen LogP contribution < -0.4 is 5.73 Å². The van der Waals surface area contributed by atoms with Crippen molar-refractivity contribution < 1.29 is 14.3 Å². The van der Waals surface area contributed by atoms with Crippen LogP contribution in [0.3, 0.4) is 0 Å². The summed E-state index contributed by atoms with van der Waals surface area (Å²) < 4.78 is 9.99. The Morgan fingerprint density at radius 2 is 1.95 bits per heavy atom. The van der Waals surface area contributed by atoms with Crippen LogP contribution in [0.5, 0.6) is 0 Å². The van der Waals surface area contributed by atoms with Crippen LogP contribution in [0, 0.1) is 0 Å². The fourth-order valence-corrected chi connectivity index (χ4v) is 1.53. The van der Waals surface area contributed by atoms with E-state index in [1.807, 2.05) is 0 Å². The summed E-state index contributed by atoms with van der Waals surface area (Å²) in [5.41, 5.74) is 5.73. The molecule has 1 rings (SSSR count). The molecule has 0 aliphatic carbocycles. The minimum Gasteiger partial charge on any atom is -0.385 e. The van der Waals surface area contributed by atoms with Gasteiger partial charge in [-0.2, -0.15) is 0 Å². The molecule has 0 bridgehead atoms. The molecule has 0 atom stereocenters. The van der Waals surface area contributed by atoms with Gasteiger partial charge < -0.3 is 20.1 Å². The molecular weight excluding hydrogens is 248 g/mol. The lowest BCUT2D eigenvalue weighted by atomic mass is 10.3. The third-order valence-corrected chi connectivity index (χ3v) is 2.53. The van der Waals surface area contributed by atoms with Crippen molar-refractivity contribution in [2.24, 2.45) is 0 Å². The number of nitrogens with zero attached hydrogens (tertiary/aromatic N) is 3. The Morgan fingerprint density at radius 1 is 1.21 bits per heavy atom. The maximum atomic E-state index is 12.2. The van der Waals surface area contributed by atoms with Crippen molar-refractivity contribution in [3.05, 3.63) is 17.8 Å². The lowest BCUT2D eigenvalue weighted by molar-refractivity contribution is 0.0667. The van der Waals surface area contributed by atoms with Gasteiger partial charge in [0.25, 0.3) is 5.91 Å². The number of carbonyl (C=O) groups is 1. The van der Waals surface area contributed by atoms with Crippen LogP contribution in [-0.4, -0.2) is 61.5 Å². The minimum absolute atomic E-state index is 0.180. The Bertz CT molecular complexity index is 383. The van der Waals surface area contributed by atoms with Crippen LogP contribution in [0.15, 0.2) is 12.1 Å². The van der Waals surface area contributed by atoms with E-state index in [9.17, 15) is 4.79 Å². The van der Waals surface area contributed by atoms with Crippen molar-refractivity contribution in [2.45, 2.75) is 6.42 Å². The van der Waals surface area contributed by atoms with E-state index in [0.29, 0.717) is 32.1 Å². The quantitative estimate of drug-likeness (QED) is 0.676. The molecule has 0 fully saturated rings. The maximum absolute atomic E-state index is 12.2. The van der Waals surface area contributed by atoms with Crippen LogP contribution >= 0.6 is 0 Å². The van der Waals surface area contributed by atoms with E-state index in [-0.39, 0.29) is 11.6 Å². The number of nitrogen functional groups attached to an aromatic ring is 1. The highest BCUT2D eigenvalue weighted by atomic mass is 16.5. The molecule has 0 unspecified atom stereocenters. The molecule has 0 spiro atoms. The molecule has 0 radical (unpaired) electrons. The number of hydrogen-bond acceptors (Lipinski definition) is 6. The zero-order valence-electron chi connectivity index (χ0n) is 11.3. The number of ether oxygens (including phenoxy) is 2. The van der Waals surface area contributed by atoms with Crippen molar-refractivity contribution in [2.75, 3.05) is 46.3 Å². The van der Waals surface area contributed by atoms with E-state index >= 15 is 0 Å². The van der Waals surface area contributed by atoms with Gasteiger partial charge in [-0.05, 0) is 18.6 Å². The van der Waals surface area contributed by atoms with Crippen LogP contribution in [0.1, 0.15) is 16.9 Å². The first-order valence-electron chi connectivity index (χ1n) is 6.05. The van der Waals surface area contributed by atoms with Crippen molar-refractivity contribution in [3.8, 4) is 0 Å². The predicted molar refractivity (Wildman–Crippen MR) is 70.7 cm³/mol. The van der Waals surface area contributed by atoms with Crippen molar-refractivity contribution in [1.29, 1.82) is 0 Å². The average molecular weight is 268 g/mol. The van der Waals surface area contributed by atoms with E-state index in [0.717, 1.165) is 6.42 Å². The van der Waals surface area contributed by atoms with Crippen LogP contribution in [0.25, 0.3) is 0 Å². The molecular formula is C12H20N4O3. The SMILES string of the molecule is COCCCN(CCOC)C(=O)c1ccc(N)nn1. The fraction of sp³-hybridized carbons (Fsp3) is 0.583. The van der Waals surface area contributed by atoms with Gasteiger partial charge in [0.05, 0.1) is 6.61 Å². The number of anilines is 1. The van der Waals surface area contributed by atoms with E-state index in [1.54, 1.807) is 31.3 Å². The molecule has 7 heteroatoms. The number of aromatic nitrogens is 2. The lowest BCUT2D eigenvalue weighted by Gasteiger charge is -2.21. The Hall–Kier alpha value is -1.73. The van der Waals surface area contributed by atoms with Gasteiger partial charge in [-0.1, -0.05) is 0 Å². The van der Waals surface area contributed by atoms with Crippen LogP contribution in [0.4, 0.5) is 5.82 Å². The monoisotopic (exact) mass is 268 g/mol. The summed E-state index contributed by atoms with van der Waals surface area (Å²) in [7, 11) is 3.23. The summed E-state index contributed by atoms with van der Waals surface area (Å²) in [5, 5.41) is 7.48. The first-order valence-corrected chi connectivity index (χ1v) is 6.05. The standard InChI is InChI=1S/C12H20N4O3/c1-18-8-3-6-16(7-9-19-2)12(17)10-4-5-11(13)15-14-10/h4-5H,3,6-9H2,1-2H3,(H2,13,15). The van der Waals surface area contributed by atoms with Gasteiger partial charge >= 0.3 is 0 Å². The van der Waals surface area contributed by atoms with Gasteiger partial charge in [-0.3, -0.25) is 4.79 Å². The Morgan fingerprint density at radius 3 is 2.53 bits per heavy atom. The molecule has 0 saturated heterocycles. The molecule has 0 aliphatic rings. The lowest BCUT2D eigenvalue weighted by Crippen LogP contribution is -2.35. The highest BCUT2D eigenvalue weighted by Gasteiger charge is 2.16. The van der Waals surface area contributed by atoms with E-state index in [4.69, 9.17) is 15.2 Å². The second kappa shape index (κ2) is 8.39. The molecule has 0 aromatic carbocycles. The van der Waals surface area contributed by atoms with Gasteiger partial charge in [-0.15, -0.1) is 10.2 Å². The number of carbonyl (C=O) groups excluding carboxylic acids is 1. The number of rotatable bonds is 8. The van der Waals surface area contributed by atoms with E-state index in [1.165, 1.54) is 0 Å². The highest BCUT2D eigenvalue weighted by molar-refractivity contribution is 5.92. The zero-order valence-corrected chi connectivity index (χ0v) is 11.3. The Labute approximate surface area is 112 Å². The summed E-state index contributed by atoms with van der Waals surface area (Å²) in [5.74, 6) is 0.111. The second-order valence-corrected chi connectivity index (χ2v) is 3.97. The summed E-state index contributed by atoms with van der Waals surface area (Å²) in [6.07, 6.45) is 0.758. The molecule has 1 heterocycles. The third-order valence-electron chi connectivity index (χ3n) is 2.53. The van der Waals surface area contributed by atoms with Gasteiger partial charge in [-0.25, -0.2) is 0 Å². The smallest absolute Gasteiger partial charge is 0.274 e. The van der Waals surface area contributed by atoms with Crippen molar-refractivity contribution in [3.63, 3.8) is 0 Å². The largest absolute Gasteiger partial charge is 0.385 e. The molecule has 7 nitrogen and oxygen atoms in total. The van der Waals surface area contributed by atoms with Gasteiger partial charge in [0.1, 0.15) is 5.82 Å². The normalized spacial score (nSPS) is 10.4. The van der Waals surface area contributed by atoms with Crippen molar-refractivity contribution in [1.82, 2.24) is 15.1 Å². The Balaban J connectivity index is 2.66. The molecule has 19 heavy (non-hydrogen) atoms. The minimum atomic E-state index is -0.180. The van der Waals surface area contributed by atoms with Crippen LogP contribution in [-0.2, 0) is 9.47 Å². The van der Waals surface area contributed by atoms with E-state index < -0.39 is 0 Å². The molecule has 0 saturated carbocycles. The molecule has 106 valence electrons. The highest BCUT2D eigenvalue weighted by Crippen LogP contribution is 2.04. The average Bonchev–Trinajstić information content (AvgIpc) is 2.43. The molecule has 1 amide bonds. The van der Waals surface area contributed by atoms with Gasteiger partial charge in [0.15, 0.2) is 5.69 Å². The number of nitrogens with two attached hydrogens (primary N) is 1. The summed E-state index contributed by atoms with van der Waals surface area (Å²) in [6, 6.07) is 3.13. The van der Waals surface area contributed by atoms with Crippen molar-refractivity contribution >= 4 is 11.7 Å². The topological polar surface area (TPSA) is 90.6 Å². The summed E-state index contributed by atoms with van der Waals surface area (Å²) in [4.78, 5) is 13.9.